The number of rotatable bonds is 4. The van der Waals surface area contributed by atoms with Crippen LogP contribution in [0.3, 0.4) is 0 Å². The van der Waals surface area contributed by atoms with E-state index in [-0.39, 0.29) is 5.69 Å². The van der Waals surface area contributed by atoms with Gasteiger partial charge < -0.3 is 5.11 Å². The lowest BCUT2D eigenvalue weighted by Gasteiger charge is -2.03. The van der Waals surface area contributed by atoms with Crippen molar-refractivity contribution in [1.29, 1.82) is 0 Å². The van der Waals surface area contributed by atoms with Gasteiger partial charge in [0.05, 0.1) is 4.92 Å². The number of non-ortho nitro benzene ring substituents is 1. The first-order valence-electron chi connectivity index (χ1n) is 4.11. The molecule has 15 heavy (non-hydrogen) atoms. The van der Waals surface area contributed by atoms with E-state index in [1.165, 1.54) is 12.1 Å². The molecule has 1 N–H and O–H groups in total. The number of carboxylic acids is 1. The zero-order valence-electron chi connectivity index (χ0n) is 7.59. The highest BCUT2D eigenvalue weighted by Crippen LogP contribution is 2.15. The fourth-order valence-electron chi connectivity index (χ4n) is 1.05. The molecule has 0 amide bonds. The molecule has 0 bridgehead atoms. The van der Waals surface area contributed by atoms with Crippen molar-refractivity contribution in [3.8, 4) is 0 Å². The minimum Gasteiger partial charge on any atom is -0.480 e. The van der Waals surface area contributed by atoms with Crippen molar-refractivity contribution < 1.29 is 14.8 Å². The van der Waals surface area contributed by atoms with Gasteiger partial charge >= 0.3 is 5.97 Å². The molecule has 80 valence electrons. The smallest absolute Gasteiger partial charge is 0.317 e. The predicted octanol–water partition coefficient (Wildman–Crippen LogP) is 1.99. The topological polar surface area (TPSA) is 80.4 Å². The van der Waals surface area contributed by atoms with Gasteiger partial charge in [-0.05, 0) is 12.0 Å². The molecular weight excluding hydrogens is 266 g/mol. The zero-order chi connectivity index (χ0) is 11.4. The second-order valence-electron chi connectivity index (χ2n) is 2.93. The van der Waals surface area contributed by atoms with Crippen molar-refractivity contribution in [3.05, 3.63) is 39.9 Å². The summed E-state index contributed by atoms with van der Waals surface area (Å²) in [7, 11) is 0. The van der Waals surface area contributed by atoms with Crippen molar-refractivity contribution in [1.82, 2.24) is 0 Å². The Kier molecular flexibility index (Phi) is 3.79. The van der Waals surface area contributed by atoms with Crippen LogP contribution >= 0.6 is 15.9 Å². The van der Waals surface area contributed by atoms with Gasteiger partial charge in [-0.3, -0.25) is 14.9 Å². The van der Waals surface area contributed by atoms with E-state index in [4.69, 9.17) is 5.11 Å². The third-order valence-corrected chi connectivity index (χ3v) is 2.55. The lowest BCUT2D eigenvalue weighted by molar-refractivity contribution is -0.384. The summed E-state index contributed by atoms with van der Waals surface area (Å²) >= 11 is 2.99. The molecule has 0 aromatic heterocycles. The summed E-state index contributed by atoms with van der Waals surface area (Å²) in [6.45, 7) is 0. The highest BCUT2D eigenvalue weighted by molar-refractivity contribution is 9.10. The molecule has 5 nitrogen and oxygen atoms in total. The maximum absolute atomic E-state index is 10.5. The van der Waals surface area contributed by atoms with Gasteiger partial charge in [0.1, 0.15) is 4.83 Å². The number of carboxylic acid groups (broad SMARTS) is 1. The van der Waals surface area contributed by atoms with Crippen LogP contribution in [0, 0.1) is 10.1 Å². The molecule has 0 aliphatic heterocycles. The lowest BCUT2D eigenvalue weighted by atomic mass is 10.1. The summed E-state index contributed by atoms with van der Waals surface area (Å²) in [6.07, 6.45) is 0.299. The third kappa shape index (κ3) is 3.32. The number of carbonyl (C=O) groups is 1. The molecule has 0 saturated heterocycles. The highest BCUT2D eigenvalue weighted by Gasteiger charge is 2.14. The molecular formula is C9H8BrNO4. The minimum absolute atomic E-state index is 0.000183. The number of nitro benzene ring substituents is 1. The van der Waals surface area contributed by atoms with Gasteiger partial charge in [0, 0.05) is 12.1 Å². The second kappa shape index (κ2) is 4.88. The van der Waals surface area contributed by atoms with E-state index < -0.39 is 15.7 Å². The molecule has 0 fully saturated rings. The lowest BCUT2D eigenvalue weighted by Crippen LogP contribution is -2.15. The number of nitro groups is 1. The molecule has 1 atom stereocenters. The summed E-state index contributed by atoms with van der Waals surface area (Å²) in [5.74, 6) is -0.951. The Balaban J connectivity index is 2.72. The SMILES string of the molecule is O=C(O)[C@H](Br)Cc1ccc([N+](=O)[O-])cc1. The molecule has 0 heterocycles. The van der Waals surface area contributed by atoms with Crippen LogP contribution < -0.4 is 0 Å². The summed E-state index contributed by atoms with van der Waals surface area (Å²) in [4.78, 5) is 19.7. The molecule has 0 aliphatic rings. The van der Waals surface area contributed by atoms with Crippen LogP contribution in [0.2, 0.25) is 0 Å². The summed E-state index contributed by atoms with van der Waals surface area (Å²) in [6, 6.07) is 5.82. The number of nitrogens with zero attached hydrogens (tertiary/aromatic N) is 1. The fraction of sp³-hybridized carbons (Fsp3) is 0.222. The van der Waals surface area contributed by atoms with Crippen LogP contribution in [-0.2, 0) is 11.2 Å². The highest BCUT2D eigenvalue weighted by atomic mass is 79.9. The average Bonchev–Trinajstić information content (AvgIpc) is 2.18. The first-order chi connectivity index (χ1) is 7.00. The van der Waals surface area contributed by atoms with E-state index in [0.717, 1.165) is 5.56 Å². The molecule has 0 radical (unpaired) electrons. The van der Waals surface area contributed by atoms with E-state index in [0.29, 0.717) is 6.42 Å². The van der Waals surface area contributed by atoms with Crippen LogP contribution in [0.4, 0.5) is 5.69 Å². The Hall–Kier alpha value is -1.43. The maximum atomic E-state index is 10.5. The Morgan fingerprint density at radius 1 is 1.47 bits per heavy atom. The van der Waals surface area contributed by atoms with Crippen LogP contribution in [-0.4, -0.2) is 20.8 Å². The Labute approximate surface area is 94.0 Å². The van der Waals surface area contributed by atoms with Gasteiger partial charge in [0.25, 0.3) is 5.69 Å². The van der Waals surface area contributed by atoms with Crippen molar-refractivity contribution in [3.63, 3.8) is 0 Å². The average molecular weight is 274 g/mol. The number of benzene rings is 1. The largest absolute Gasteiger partial charge is 0.480 e. The van der Waals surface area contributed by atoms with Crippen molar-refractivity contribution >= 4 is 27.6 Å². The van der Waals surface area contributed by atoms with Gasteiger partial charge in [-0.25, -0.2) is 0 Å². The normalized spacial score (nSPS) is 12.1. The summed E-state index contributed by atoms with van der Waals surface area (Å²) < 4.78 is 0. The molecule has 1 aromatic rings. The number of halogens is 1. The quantitative estimate of drug-likeness (QED) is 0.517. The molecule has 0 spiro atoms. The molecule has 1 aromatic carbocycles. The molecule has 6 heteroatoms. The Morgan fingerprint density at radius 3 is 2.40 bits per heavy atom. The van der Waals surface area contributed by atoms with Crippen molar-refractivity contribution in [2.24, 2.45) is 0 Å². The summed E-state index contributed by atoms with van der Waals surface area (Å²) in [5.41, 5.74) is 0.741. The zero-order valence-corrected chi connectivity index (χ0v) is 9.18. The van der Waals surface area contributed by atoms with Crippen molar-refractivity contribution in [2.75, 3.05) is 0 Å². The third-order valence-electron chi connectivity index (χ3n) is 1.83. The first-order valence-corrected chi connectivity index (χ1v) is 5.02. The van der Waals surface area contributed by atoms with Crippen LogP contribution in [0.25, 0.3) is 0 Å². The van der Waals surface area contributed by atoms with Crippen LogP contribution in [0.1, 0.15) is 5.56 Å². The van der Waals surface area contributed by atoms with Crippen LogP contribution in [0.5, 0.6) is 0 Å². The number of hydrogen-bond donors (Lipinski definition) is 1. The molecule has 0 saturated carbocycles. The van der Waals surface area contributed by atoms with Gasteiger partial charge in [0.2, 0.25) is 0 Å². The molecule has 1 rings (SSSR count). The van der Waals surface area contributed by atoms with Gasteiger partial charge in [-0.15, -0.1) is 0 Å². The maximum Gasteiger partial charge on any atom is 0.317 e. The molecule has 0 aliphatic carbocycles. The second-order valence-corrected chi connectivity index (χ2v) is 4.04. The summed E-state index contributed by atoms with van der Waals surface area (Å²) in [5, 5.41) is 19.0. The Bertz CT molecular complexity index is 376. The fourth-order valence-corrected chi connectivity index (χ4v) is 1.42. The predicted molar refractivity (Wildman–Crippen MR) is 57.2 cm³/mol. The molecule has 0 unspecified atom stereocenters. The van der Waals surface area contributed by atoms with Crippen molar-refractivity contribution in [2.45, 2.75) is 11.2 Å². The number of alkyl halides is 1. The monoisotopic (exact) mass is 273 g/mol. The van der Waals surface area contributed by atoms with Crippen LogP contribution in [0.15, 0.2) is 24.3 Å². The standard InChI is InChI=1S/C9H8BrNO4/c10-8(9(12)13)5-6-1-3-7(4-2-6)11(14)15/h1-4,8H,5H2,(H,12,13)/t8-/m1/s1. The van der Waals surface area contributed by atoms with Gasteiger partial charge in [0.15, 0.2) is 0 Å². The first kappa shape index (κ1) is 11.6. The minimum atomic E-state index is -0.951. The van der Waals surface area contributed by atoms with E-state index in [2.05, 4.69) is 15.9 Å². The van der Waals surface area contributed by atoms with E-state index >= 15 is 0 Å². The van der Waals surface area contributed by atoms with E-state index in [1.54, 1.807) is 12.1 Å². The number of hydrogen-bond acceptors (Lipinski definition) is 3. The van der Waals surface area contributed by atoms with E-state index in [9.17, 15) is 14.9 Å². The van der Waals surface area contributed by atoms with Gasteiger partial charge in [-0.2, -0.15) is 0 Å². The van der Waals surface area contributed by atoms with E-state index in [1.807, 2.05) is 0 Å². The Morgan fingerprint density at radius 2 is 2.00 bits per heavy atom. The number of aliphatic carboxylic acids is 1. The van der Waals surface area contributed by atoms with Gasteiger partial charge in [-0.1, -0.05) is 28.1 Å².